The highest BCUT2D eigenvalue weighted by molar-refractivity contribution is 5.38. The Bertz CT molecular complexity index is 405. The van der Waals surface area contributed by atoms with Crippen LogP contribution in [0.1, 0.15) is 24.0 Å². The number of nitrogens with zero attached hydrogens (tertiary/aromatic N) is 1. The maximum atomic E-state index is 10.1. The van der Waals surface area contributed by atoms with Gasteiger partial charge in [-0.05, 0) is 50.9 Å². The molecule has 0 bridgehead atoms. The molecular weight excluding hydrogens is 226 g/mol. The third-order valence-electron chi connectivity index (χ3n) is 3.86. The van der Waals surface area contributed by atoms with Gasteiger partial charge in [0.25, 0.3) is 0 Å². The van der Waals surface area contributed by atoms with Crippen LogP contribution in [0.4, 0.5) is 0 Å². The molecule has 3 heteroatoms. The molecule has 1 fully saturated rings. The topological polar surface area (TPSA) is 32.7 Å². The van der Waals surface area contributed by atoms with E-state index in [9.17, 15) is 5.11 Å². The molecule has 0 aliphatic carbocycles. The number of aliphatic hydroxyl groups is 1. The molecule has 0 saturated carbocycles. The van der Waals surface area contributed by atoms with Gasteiger partial charge in [-0.15, -0.1) is 0 Å². The van der Waals surface area contributed by atoms with E-state index in [0.29, 0.717) is 0 Å². The summed E-state index contributed by atoms with van der Waals surface area (Å²) in [5.41, 5.74) is 2.40. The van der Waals surface area contributed by atoms with E-state index in [1.807, 2.05) is 12.1 Å². The van der Waals surface area contributed by atoms with Crippen molar-refractivity contribution in [2.75, 3.05) is 20.1 Å². The summed E-state index contributed by atoms with van der Waals surface area (Å²) in [5, 5.41) is 10.1. The highest BCUT2D eigenvalue weighted by atomic mass is 16.5. The van der Waals surface area contributed by atoms with Gasteiger partial charge < -0.3 is 14.7 Å². The molecule has 2 atom stereocenters. The van der Waals surface area contributed by atoms with E-state index in [-0.39, 0.29) is 12.2 Å². The molecule has 1 aromatic rings. The monoisotopic (exact) mass is 249 g/mol. The lowest BCUT2D eigenvalue weighted by Gasteiger charge is -2.23. The van der Waals surface area contributed by atoms with Gasteiger partial charge in [0.1, 0.15) is 11.9 Å². The third-order valence-corrected chi connectivity index (χ3v) is 3.86. The van der Waals surface area contributed by atoms with Crippen molar-refractivity contribution in [2.45, 2.75) is 38.9 Å². The Morgan fingerprint density at radius 2 is 1.94 bits per heavy atom. The number of likely N-dealkylation sites (tertiary alicyclic amines) is 1. The molecule has 1 saturated heterocycles. The first-order valence-electron chi connectivity index (χ1n) is 6.67. The van der Waals surface area contributed by atoms with Gasteiger partial charge in [-0.2, -0.15) is 0 Å². The molecule has 0 aromatic heterocycles. The molecule has 1 aromatic carbocycles. The third kappa shape index (κ3) is 3.03. The summed E-state index contributed by atoms with van der Waals surface area (Å²) in [5.74, 6) is 0.906. The molecule has 1 aliphatic heterocycles. The highest BCUT2D eigenvalue weighted by Crippen LogP contribution is 2.24. The predicted octanol–water partition coefficient (Wildman–Crippen LogP) is 2.14. The van der Waals surface area contributed by atoms with Crippen molar-refractivity contribution in [1.29, 1.82) is 0 Å². The summed E-state index contributed by atoms with van der Waals surface area (Å²) in [6.07, 6.45) is 1.21. The Balaban J connectivity index is 2.10. The fourth-order valence-corrected chi connectivity index (χ4v) is 2.34. The summed E-state index contributed by atoms with van der Waals surface area (Å²) in [4.78, 5) is 2.25. The summed E-state index contributed by atoms with van der Waals surface area (Å²) >= 11 is 0. The Kier molecular flexibility index (Phi) is 4.25. The van der Waals surface area contributed by atoms with Crippen molar-refractivity contribution < 1.29 is 9.84 Å². The quantitative estimate of drug-likeness (QED) is 0.871. The van der Waals surface area contributed by atoms with Crippen molar-refractivity contribution in [3.63, 3.8) is 0 Å². The zero-order valence-corrected chi connectivity index (χ0v) is 11.5. The van der Waals surface area contributed by atoms with Crippen LogP contribution in [0.5, 0.6) is 5.75 Å². The Labute approximate surface area is 109 Å². The lowest BCUT2D eigenvalue weighted by Crippen LogP contribution is -2.31. The molecule has 1 N–H and O–H groups in total. The average Bonchev–Trinajstić information content (AvgIpc) is 2.50. The van der Waals surface area contributed by atoms with Crippen LogP contribution < -0.4 is 4.74 Å². The zero-order chi connectivity index (χ0) is 13.1. The van der Waals surface area contributed by atoms with Gasteiger partial charge >= 0.3 is 0 Å². The second-order valence-corrected chi connectivity index (χ2v) is 5.30. The van der Waals surface area contributed by atoms with Crippen molar-refractivity contribution in [3.8, 4) is 5.75 Å². The number of benzene rings is 1. The number of ether oxygens (including phenoxy) is 1. The zero-order valence-electron chi connectivity index (χ0n) is 11.5. The standard InChI is InChI=1S/C15H23NO2/c1-11-5-4-6-14(12(11)2)18-15-8-10-16(3)9-7-13(15)17/h4-6,13,15,17H,7-10H2,1-3H3/t13-,15-/m1/s1. The van der Waals surface area contributed by atoms with Crippen molar-refractivity contribution in [2.24, 2.45) is 0 Å². The second-order valence-electron chi connectivity index (χ2n) is 5.30. The molecule has 3 nitrogen and oxygen atoms in total. The second kappa shape index (κ2) is 5.72. The summed E-state index contributed by atoms with van der Waals surface area (Å²) < 4.78 is 6.03. The number of hydrogen-bond donors (Lipinski definition) is 1. The molecule has 100 valence electrons. The lowest BCUT2D eigenvalue weighted by molar-refractivity contribution is 0.0346. The Hall–Kier alpha value is -1.06. The highest BCUT2D eigenvalue weighted by Gasteiger charge is 2.25. The average molecular weight is 249 g/mol. The molecule has 0 spiro atoms. The van der Waals surface area contributed by atoms with Gasteiger partial charge in [0, 0.05) is 13.1 Å². The van der Waals surface area contributed by atoms with Gasteiger partial charge in [-0.1, -0.05) is 12.1 Å². The van der Waals surface area contributed by atoms with Crippen LogP contribution in [0.2, 0.25) is 0 Å². The molecule has 0 amide bonds. The van der Waals surface area contributed by atoms with E-state index in [2.05, 4.69) is 31.9 Å². The maximum Gasteiger partial charge on any atom is 0.126 e. The van der Waals surface area contributed by atoms with Crippen LogP contribution in [0.25, 0.3) is 0 Å². The van der Waals surface area contributed by atoms with E-state index in [1.54, 1.807) is 0 Å². The van der Waals surface area contributed by atoms with Crippen LogP contribution in [-0.4, -0.2) is 42.4 Å². The first-order valence-corrected chi connectivity index (χ1v) is 6.67. The first kappa shape index (κ1) is 13.4. The number of hydrogen-bond acceptors (Lipinski definition) is 3. The summed E-state index contributed by atoms with van der Waals surface area (Å²) in [6, 6.07) is 6.08. The minimum absolute atomic E-state index is 0.0875. The van der Waals surface area contributed by atoms with Gasteiger partial charge in [0.2, 0.25) is 0 Å². The minimum Gasteiger partial charge on any atom is -0.487 e. The number of aryl methyl sites for hydroxylation is 1. The largest absolute Gasteiger partial charge is 0.487 e. The maximum absolute atomic E-state index is 10.1. The summed E-state index contributed by atoms with van der Waals surface area (Å²) in [7, 11) is 2.09. The minimum atomic E-state index is -0.366. The van der Waals surface area contributed by atoms with E-state index >= 15 is 0 Å². The van der Waals surface area contributed by atoms with E-state index < -0.39 is 0 Å². The Morgan fingerprint density at radius 3 is 2.72 bits per heavy atom. The molecule has 1 aliphatic rings. The fourth-order valence-electron chi connectivity index (χ4n) is 2.34. The van der Waals surface area contributed by atoms with Gasteiger partial charge in [0.15, 0.2) is 0 Å². The SMILES string of the molecule is Cc1cccc(O[C@@H]2CCN(C)CC[C@H]2O)c1C. The molecular formula is C15H23NO2. The van der Waals surface area contributed by atoms with Gasteiger partial charge in [0.05, 0.1) is 6.10 Å². The molecule has 0 radical (unpaired) electrons. The predicted molar refractivity (Wildman–Crippen MR) is 73.1 cm³/mol. The van der Waals surface area contributed by atoms with E-state index in [0.717, 1.165) is 31.7 Å². The van der Waals surface area contributed by atoms with Crippen LogP contribution >= 0.6 is 0 Å². The normalized spacial score (nSPS) is 25.8. The lowest BCUT2D eigenvalue weighted by atomic mass is 10.1. The summed E-state index contributed by atoms with van der Waals surface area (Å²) in [6.45, 7) is 6.07. The number of aliphatic hydroxyl groups excluding tert-OH is 1. The van der Waals surface area contributed by atoms with Gasteiger partial charge in [-0.25, -0.2) is 0 Å². The molecule has 0 unspecified atom stereocenters. The van der Waals surface area contributed by atoms with Crippen LogP contribution in [0, 0.1) is 13.8 Å². The first-order chi connectivity index (χ1) is 8.58. The van der Waals surface area contributed by atoms with E-state index in [4.69, 9.17) is 4.74 Å². The van der Waals surface area contributed by atoms with Crippen LogP contribution in [-0.2, 0) is 0 Å². The van der Waals surface area contributed by atoms with Crippen LogP contribution in [0.3, 0.4) is 0 Å². The molecule has 18 heavy (non-hydrogen) atoms. The number of rotatable bonds is 2. The van der Waals surface area contributed by atoms with Crippen molar-refractivity contribution in [1.82, 2.24) is 4.90 Å². The van der Waals surface area contributed by atoms with Crippen molar-refractivity contribution >= 4 is 0 Å². The van der Waals surface area contributed by atoms with Crippen LogP contribution in [0.15, 0.2) is 18.2 Å². The van der Waals surface area contributed by atoms with Gasteiger partial charge in [-0.3, -0.25) is 0 Å². The van der Waals surface area contributed by atoms with E-state index in [1.165, 1.54) is 11.1 Å². The Morgan fingerprint density at radius 1 is 1.22 bits per heavy atom. The molecule has 2 rings (SSSR count). The smallest absolute Gasteiger partial charge is 0.126 e. The fraction of sp³-hybridized carbons (Fsp3) is 0.600. The molecule has 1 heterocycles. The van der Waals surface area contributed by atoms with Crippen molar-refractivity contribution in [3.05, 3.63) is 29.3 Å².